The Kier molecular flexibility index (Phi) is 5.22. The highest BCUT2D eigenvalue weighted by Gasteiger charge is 2.20. The van der Waals surface area contributed by atoms with Crippen LogP contribution in [0.1, 0.15) is 43.4 Å². The third-order valence-electron chi connectivity index (χ3n) is 3.76. The predicted molar refractivity (Wildman–Crippen MR) is 78.7 cm³/mol. The molecule has 0 bridgehead atoms. The lowest BCUT2D eigenvalue weighted by molar-refractivity contribution is 0.256. The van der Waals surface area contributed by atoms with Gasteiger partial charge in [-0.1, -0.05) is 28.9 Å². The van der Waals surface area contributed by atoms with E-state index >= 15 is 0 Å². The van der Waals surface area contributed by atoms with E-state index < -0.39 is 0 Å². The number of hydrogen-bond acceptors (Lipinski definition) is 2. The third kappa shape index (κ3) is 3.56. The molecule has 2 atom stereocenters. The van der Waals surface area contributed by atoms with Crippen LogP contribution in [0, 0.1) is 5.92 Å². The van der Waals surface area contributed by atoms with Crippen LogP contribution in [-0.2, 0) is 6.42 Å². The average Bonchev–Trinajstić information content (AvgIpc) is 2.36. The Balaban J connectivity index is 2.01. The molecule has 1 aromatic carbocycles. The quantitative estimate of drug-likeness (QED) is 0.873. The molecular weight excluding hydrogens is 290 g/mol. The molecule has 0 fully saturated rings. The zero-order chi connectivity index (χ0) is 13.0. The first-order chi connectivity index (χ1) is 8.70. The van der Waals surface area contributed by atoms with Crippen LogP contribution in [0.4, 0.5) is 0 Å². The zero-order valence-electron chi connectivity index (χ0n) is 11.0. The van der Waals surface area contributed by atoms with Gasteiger partial charge in [0, 0.05) is 17.1 Å². The Morgan fingerprint density at radius 2 is 2.33 bits per heavy atom. The lowest BCUT2D eigenvalue weighted by atomic mass is 9.87. The Morgan fingerprint density at radius 3 is 3.11 bits per heavy atom. The Labute approximate surface area is 118 Å². The van der Waals surface area contributed by atoms with Gasteiger partial charge in [-0.15, -0.1) is 0 Å². The number of fused-ring (bicyclic) bond motifs is 1. The van der Waals surface area contributed by atoms with Crippen LogP contribution >= 0.6 is 15.9 Å². The topological polar surface area (TPSA) is 32.3 Å². The Hall–Kier alpha value is -0.380. The van der Waals surface area contributed by atoms with Crippen molar-refractivity contribution < 1.29 is 5.11 Å². The van der Waals surface area contributed by atoms with Crippen LogP contribution in [0.15, 0.2) is 22.7 Å². The summed E-state index contributed by atoms with van der Waals surface area (Å²) in [7, 11) is 0. The number of nitrogens with one attached hydrogen (secondary N) is 1. The fourth-order valence-electron chi connectivity index (χ4n) is 2.65. The van der Waals surface area contributed by atoms with E-state index in [1.54, 1.807) is 0 Å². The number of aliphatic hydroxyl groups is 1. The highest BCUT2D eigenvalue weighted by molar-refractivity contribution is 9.10. The molecule has 100 valence electrons. The van der Waals surface area contributed by atoms with Gasteiger partial charge in [0.25, 0.3) is 0 Å². The molecule has 2 rings (SSSR count). The molecule has 1 aliphatic carbocycles. The van der Waals surface area contributed by atoms with Crippen molar-refractivity contribution in [1.29, 1.82) is 0 Å². The maximum atomic E-state index is 8.93. The highest BCUT2D eigenvalue weighted by atomic mass is 79.9. The molecule has 1 aromatic rings. The molecule has 0 spiro atoms. The molecule has 0 saturated carbocycles. The molecule has 18 heavy (non-hydrogen) atoms. The Bertz CT molecular complexity index is 394. The highest BCUT2D eigenvalue weighted by Crippen LogP contribution is 2.31. The number of benzene rings is 1. The van der Waals surface area contributed by atoms with E-state index in [2.05, 4.69) is 46.4 Å². The SMILES string of the molecule is CC(CCO)CNC1CCCc2ccc(Br)cc21. The van der Waals surface area contributed by atoms with Gasteiger partial charge in [-0.3, -0.25) is 0 Å². The molecule has 0 heterocycles. The first-order valence-electron chi connectivity index (χ1n) is 6.83. The van der Waals surface area contributed by atoms with E-state index in [1.165, 1.54) is 34.9 Å². The lowest BCUT2D eigenvalue weighted by Crippen LogP contribution is -2.29. The van der Waals surface area contributed by atoms with Crippen molar-refractivity contribution in [3.8, 4) is 0 Å². The second-order valence-corrected chi connectivity index (χ2v) is 6.23. The number of hydrogen-bond donors (Lipinski definition) is 2. The molecule has 0 amide bonds. The van der Waals surface area contributed by atoms with Gasteiger partial charge in [0.15, 0.2) is 0 Å². The standard InChI is InChI=1S/C15H22BrNO/c1-11(7-8-18)10-17-15-4-2-3-12-5-6-13(16)9-14(12)15/h5-6,9,11,15,17-18H,2-4,7-8,10H2,1H3. The van der Waals surface area contributed by atoms with Crippen LogP contribution in [0.3, 0.4) is 0 Å². The summed E-state index contributed by atoms with van der Waals surface area (Å²) in [6, 6.07) is 7.11. The first-order valence-corrected chi connectivity index (χ1v) is 7.62. The minimum atomic E-state index is 0.287. The normalized spacial score (nSPS) is 20.5. The molecule has 0 aliphatic heterocycles. The van der Waals surface area contributed by atoms with Gasteiger partial charge in [-0.2, -0.15) is 0 Å². The molecule has 2 nitrogen and oxygen atoms in total. The van der Waals surface area contributed by atoms with Crippen molar-refractivity contribution in [3.63, 3.8) is 0 Å². The van der Waals surface area contributed by atoms with Gasteiger partial charge in [0.1, 0.15) is 0 Å². The van der Waals surface area contributed by atoms with Gasteiger partial charge in [-0.05, 0) is 61.4 Å². The van der Waals surface area contributed by atoms with Gasteiger partial charge in [-0.25, -0.2) is 0 Å². The van der Waals surface area contributed by atoms with Crippen molar-refractivity contribution in [2.75, 3.05) is 13.2 Å². The van der Waals surface area contributed by atoms with E-state index in [0.29, 0.717) is 12.0 Å². The summed E-state index contributed by atoms with van der Waals surface area (Å²) in [5.41, 5.74) is 2.93. The van der Waals surface area contributed by atoms with Crippen LogP contribution in [0.25, 0.3) is 0 Å². The number of rotatable bonds is 5. The minimum absolute atomic E-state index is 0.287. The van der Waals surface area contributed by atoms with Crippen molar-refractivity contribution in [3.05, 3.63) is 33.8 Å². The van der Waals surface area contributed by atoms with Gasteiger partial charge in [0.2, 0.25) is 0 Å². The molecular formula is C15H22BrNO. The van der Waals surface area contributed by atoms with Gasteiger partial charge < -0.3 is 10.4 Å². The van der Waals surface area contributed by atoms with Crippen LogP contribution in [-0.4, -0.2) is 18.3 Å². The second kappa shape index (κ2) is 6.69. The molecule has 1 aliphatic rings. The molecule has 2 N–H and O–H groups in total. The molecule has 3 heteroatoms. The monoisotopic (exact) mass is 311 g/mol. The van der Waals surface area contributed by atoms with Crippen molar-refractivity contribution >= 4 is 15.9 Å². The average molecular weight is 312 g/mol. The largest absolute Gasteiger partial charge is 0.396 e. The van der Waals surface area contributed by atoms with E-state index in [0.717, 1.165) is 13.0 Å². The van der Waals surface area contributed by atoms with E-state index in [1.807, 2.05) is 0 Å². The summed E-state index contributed by atoms with van der Waals surface area (Å²) >= 11 is 3.56. The second-order valence-electron chi connectivity index (χ2n) is 5.31. The number of halogens is 1. The lowest BCUT2D eigenvalue weighted by Gasteiger charge is -2.28. The maximum absolute atomic E-state index is 8.93. The van der Waals surface area contributed by atoms with E-state index in [4.69, 9.17) is 5.11 Å². The first kappa shape index (κ1) is 14.0. The molecule has 0 radical (unpaired) electrons. The van der Waals surface area contributed by atoms with Gasteiger partial charge >= 0.3 is 0 Å². The van der Waals surface area contributed by atoms with Gasteiger partial charge in [0.05, 0.1) is 0 Å². The summed E-state index contributed by atoms with van der Waals surface area (Å²) < 4.78 is 1.17. The molecule has 2 unspecified atom stereocenters. The molecule has 0 aromatic heterocycles. The number of aryl methyl sites for hydroxylation is 1. The zero-order valence-corrected chi connectivity index (χ0v) is 12.5. The molecule has 0 saturated heterocycles. The van der Waals surface area contributed by atoms with Crippen molar-refractivity contribution in [2.45, 2.75) is 38.6 Å². The fourth-order valence-corrected chi connectivity index (χ4v) is 3.03. The van der Waals surface area contributed by atoms with E-state index in [-0.39, 0.29) is 6.61 Å². The third-order valence-corrected chi connectivity index (χ3v) is 4.25. The van der Waals surface area contributed by atoms with E-state index in [9.17, 15) is 0 Å². The predicted octanol–water partition coefficient (Wildman–Crippen LogP) is 3.43. The summed E-state index contributed by atoms with van der Waals surface area (Å²) in [5.74, 6) is 0.535. The number of aliphatic hydroxyl groups excluding tert-OH is 1. The maximum Gasteiger partial charge on any atom is 0.0434 e. The van der Waals surface area contributed by atoms with Crippen molar-refractivity contribution in [1.82, 2.24) is 5.32 Å². The van der Waals surface area contributed by atoms with Crippen LogP contribution in [0.2, 0.25) is 0 Å². The summed E-state index contributed by atoms with van der Waals surface area (Å²) in [5, 5.41) is 12.6. The summed E-state index contributed by atoms with van der Waals surface area (Å²) in [4.78, 5) is 0. The smallest absolute Gasteiger partial charge is 0.0434 e. The summed E-state index contributed by atoms with van der Waals surface area (Å²) in [6.07, 6.45) is 4.56. The summed E-state index contributed by atoms with van der Waals surface area (Å²) in [6.45, 7) is 3.46. The van der Waals surface area contributed by atoms with Crippen LogP contribution < -0.4 is 5.32 Å². The van der Waals surface area contributed by atoms with Crippen molar-refractivity contribution in [2.24, 2.45) is 5.92 Å². The minimum Gasteiger partial charge on any atom is -0.396 e. The Morgan fingerprint density at radius 1 is 1.50 bits per heavy atom. The van der Waals surface area contributed by atoms with Crippen LogP contribution in [0.5, 0.6) is 0 Å². The fraction of sp³-hybridized carbons (Fsp3) is 0.600.